The maximum atomic E-state index is 3.95. The molecule has 0 N–H and O–H groups in total. The Morgan fingerprint density at radius 3 is 2.57 bits per heavy atom. The van der Waals surface area contributed by atoms with Crippen molar-refractivity contribution >= 4 is 0 Å². The molecule has 0 heteroatoms. The fourth-order valence-electron chi connectivity index (χ4n) is 4.92. The summed E-state index contributed by atoms with van der Waals surface area (Å²) in [7, 11) is 0. The van der Waals surface area contributed by atoms with Gasteiger partial charge in [0.25, 0.3) is 0 Å². The third kappa shape index (κ3) is 2.18. The molecule has 0 amide bonds. The zero-order valence-electron chi connectivity index (χ0n) is 15.4. The maximum Gasteiger partial charge on any atom is 0.0166 e. The lowest BCUT2D eigenvalue weighted by atomic mass is 9.50. The van der Waals surface area contributed by atoms with Gasteiger partial charge in [0.2, 0.25) is 0 Å². The van der Waals surface area contributed by atoms with Crippen LogP contribution >= 0.6 is 0 Å². The molecule has 23 heavy (non-hydrogen) atoms. The molecule has 3 aliphatic carbocycles. The lowest BCUT2D eigenvalue weighted by molar-refractivity contribution is 0.167. The summed E-state index contributed by atoms with van der Waals surface area (Å²) in [5.74, 6) is 0.669. The minimum absolute atomic E-state index is 0.186. The molecule has 0 heterocycles. The molecule has 3 unspecified atom stereocenters. The van der Waals surface area contributed by atoms with E-state index in [9.17, 15) is 0 Å². The van der Waals surface area contributed by atoms with Gasteiger partial charge in [0, 0.05) is 10.8 Å². The SMILES string of the molecule is C=C/C=C1/CC2(C)C=CC2(C)C2=C(C=C(C)CC2CC)/C1=C/C. The third-order valence-electron chi connectivity index (χ3n) is 6.48. The first-order chi connectivity index (χ1) is 10.9. The van der Waals surface area contributed by atoms with E-state index >= 15 is 0 Å². The first-order valence-corrected chi connectivity index (χ1v) is 9.01. The van der Waals surface area contributed by atoms with Crippen molar-refractivity contribution in [2.45, 2.75) is 53.9 Å². The van der Waals surface area contributed by atoms with E-state index in [0.717, 1.165) is 6.42 Å². The van der Waals surface area contributed by atoms with Gasteiger partial charge >= 0.3 is 0 Å². The topological polar surface area (TPSA) is 0 Å². The molecular formula is C23H30. The predicted octanol–water partition coefficient (Wildman–Crippen LogP) is 6.70. The van der Waals surface area contributed by atoms with Crippen LogP contribution in [0.2, 0.25) is 0 Å². The molecule has 0 saturated carbocycles. The van der Waals surface area contributed by atoms with Gasteiger partial charge in [0.05, 0.1) is 0 Å². The Hall–Kier alpha value is -1.56. The summed E-state index contributed by atoms with van der Waals surface area (Å²) in [6.45, 7) is 15.7. The highest BCUT2D eigenvalue weighted by atomic mass is 14.6. The Morgan fingerprint density at radius 1 is 1.30 bits per heavy atom. The molecule has 0 spiro atoms. The lowest BCUT2D eigenvalue weighted by Crippen LogP contribution is -2.44. The largest absolute Gasteiger partial charge is 0.0991 e. The van der Waals surface area contributed by atoms with E-state index in [1.165, 1.54) is 35.1 Å². The van der Waals surface area contributed by atoms with Crippen LogP contribution in [0.5, 0.6) is 0 Å². The van der Waals surface area contributed by atoms with Crippen molar-refractivity contribution in [1.29, 1.82) is 0 Å². The van der Waals surface area contributed by atoms with Crippen molar-refractivity contribution in [2.24, 2.45) is 16.7 Å². The van der Waals surface area contributed by atoms with Gasteiger partial charge in [-0.05, 0) is 61.3 Å². The molecule has 0 aromatic rings. The minimum atomic E-state index is 0.186. The summed E-state index contributed by atoms with van der Waals surface area (Å²) in [5.41, 5.74) is 7.96. The van der Waals surface area contributed by atoms with E-state index in [1.807, 2.05) is 6.08 Å². The van der Waals surface area contributed by atoms with E-state index < -0.39 is 0 Å². The summed E-state index contributed by atoms with van der Waals surface area (Å²) >= 11 is 0. The summed E-state index contributed by atoms with van der Waals surface area (Å²) in [5, 5.41) is 0. The van der Waals surface area contributed by atoms with Gasteiger partial charge in [0.1, 0.15) is 0 Å². The molecule has 0 aromatic carbocycles. The molecule has 3 rings (SSSR count). The average Bonchev–Trinajstić information content (AvgIpc) is 2.56. The van der Waals surface area contributed by atoms with Crippen LogP contribution in [0.3, 0.4) is 0 Å². The first-order valence-electron chi connectivity index (χ1n) is 9.01. The molecule has 0 aromatic heterocycles. The zero-order valence-corrected chi connectivity index (χ0v) is 15.4. The minimum Gasteiger partial charge on any atom is -0.0991 e. The highest BCUT2D eigenvalue weighted by Crippen LogP contribution is 2.64. The number of fused-ring (bicyclic) bond motifs is 2. The quantitative estimate of drug-likeness (QED) is 0.498. The van der Waals surface area contributed by atoms with Crippen LogP contribution in [0, 0.1) is 16.7 Å². The average molecular weight is 306 g/mol. The third-order valence-corrected chi connectivity index (χ3v) is 6.48. The van der Waals surface area contributed by atoms with Crippen LogP contribution in [0.25, 0.3) is 0 Å². The smallest absolute Gasteiger partial charge is 0.0166 e. The molecular weight excluding hydrogens is 276 g/mol. The zero-order chi connectivity index (χ0) is 16.8. The second-order valence-electron chi connectivity index (χ2n) is 7.89. The number of rotatable bonds is 2. The van der Waals surface area contributed by atoms with Crippen molar-refractivity contribution in [3.63, 3.8) is 0 Å². The Bertz CT molecular complexity index is 692. The second kappa shape index (κ2) is 5.51. The van der Waals surface area contributed by atoms with Crippen LogP contribution in [-0.4, -0.2) is 0 Å². The monoisotopic (exact) mass is 306 g/mol. The normalized spacial score (nSPS) is 39.5. The molecule has 3 aliphatic rings. The standard InChI is InChI=1S/C23H30/c1-7-10-18-15-22(5)11-12-23(22,6)21-17(8-2)13-16(4)14-20(21)19(18)9-3/h7,9-12,14,17H,1,8,13,15H2,2-6H3/b18-10-,19-9+. The van der Waals surface area contributed by atoms with Crippen LogP contribution in [0.4, 0.5) is 0 Å². The Balaban J connectivity index is 2.33. The van der Waals surface area contributed by atoms with Crippen molar-refractivity contribution in [3.8, 4) is 0 Å². The van der Waals surface area contributed by atoms with Gasteiger partial charge in [-0.15, -0.1) is 0 Å². The van der Waals surface area contributed by atoms with Crippen molar-refractivity contribution < 1.29 is 0 Å². The van der Waals surface area contributed by atoms with Crippen LogP contribution in [0.1, 0.15) is 53.9 Å². The van der Waals surface area contributed by atoms with E-state index in [1.54, 1.807) is 5.57 Å². The first kappa shape index (κ1) is 16.3. The van der Waals surface area contributed by atoms with Crippen LogP contribution < -0.4 is 0 Å². The van der Waals surface area contributed by atoms with E-state index in [4.69, 9.17) is 0 Å². The highest BCUT2D eigenvalue weighted by Gasteiger charge is 2.54. The molecule has 0 saturated heterocycles. The molecule has 122 valence electrons. The number of hydrogen-bond donors (Lipinski definition) is 0. The maximum absolute atomic E-state index is 3.95. The summed E-state index contributed by atoms with van der Waals surface area (Å²) in [6.07, 6.45) is 17.4. The van der Waals surface area contributed by atoms with Gasteiger partial charge in [-0.25, -0.2) is 0 Å². The lowest BCUT2D eigenvalue weighted by Gasteiger charge is -2.53. The number of allylic oxidation sites excluding steroid dienone is 11. The van der Waals surface area contributed by atoms with Crippen LogP contribution in [-0.2, 0) is 0 Å². The van der Waals surface area contributed by atoms with Crippen molar-refractivity contribution in [1.82, 2.24) is 0 Å². The van der Waals surface area contributed by atoms with Gasteiger partial charge in [0.15, 0.2) is 0 Å². The highest BCUT2D eigenvalue weighted by molar-refractivity contribution is 5.63. The van der Waals surface area contributed by atoms with Gasteiger partial charge < -0.3 is 0 Å². The van der Waals surface area contributed by atoms with E-state index in [2.05, 4.69) is 71.6 Å². The Labute approximate surface area is 142 Å². The summed E-state index contributed by atoms with van der Waals surface area (Å²) < 4.78 is 0. The van der Waals surface area contributed by atoms with Crippen molar-refractivity contribution in [3.05, 3.63) is 70.9 Å². The second-order valence-corrected chi connectivity index (χ2v) is 7.89. The van der Waals surface area contributed by atoms with Gasteiger partial charge in [-0.3, -0.25) is 0 Å². The van der Waals surface area contributed by atoms with Crippen molar-refractivity contribution in [2.75, 3.05) is 0 Å². The Morgan fingerprint density at radius 2 is 2.04 bits per heavy atom. The summed E-state index contributed by atoms with van der Waals surface area (Å²) in [4.78, 5) is 0. The molecule has 0 radical (unpaired) electrons. The predicted molar refractivity (Wildman–Crippen MR) is 101 cm³/mol. The fourth-order valence-corrected chi connectivity index (χ4v) is 4.92. The Kier molecular flexibility index (Phi) is 3.91. The molecule has 0 aliphatic heterocycles. The molecule has 0 fully saturated rings. The van der Waals surface area contributed by atoms with Gasteiger partial charge in [-0.1, -0.05) is 69.4 Å². The fraction of sp³-hybridized carbons (Fsp3) is 0.478. The molecule has 0 nitrogen and oxygen atoms in total. The molecule has 0 bridgehead atoms. The van der Waals surface area contributed by atoms with Gasteiger partial charge in [-0.2, -0.15) is 0 Å². The van der Waals surface area contributed by atoms with E-state index in [-0.39, 0.29) is 10.8 Å². The van der Waals surface area contributed by atoms with E-state index in [0.29, 0.717) is 5.92 Å². The summed E-state index contributed by atoms with van der Waals surface area (Å²) in [6, 6.07) is 0. The van der Waals surface area contributed by atoms with Crippen LogP contribution in [0.15, 0.2) is 70.9 Å². The molecule has 3 atom stereocenters. The number of hydrogen-bond acceptors (Lipinski definition) is 0.